The lowest BCUT2D eigenvalue weighted by Crippen LogP contribution is -2.55. The fourth-order valence-corrected chi connectivity index (χ4v) is 8.08. The molecule has 1 aliphatic heterocycles. The minimum Gasteiger partial charge on any atom is -0.379 e. The number of ether oxygens (including phenoxy) is 2. The summed E-state index contributed by atoms with van der Waals surface area (Å²) in [5.41, 5.74) is 8.18. The van der Waals surface area contributed by atoms with E-state index in [9.17, 15) is 19.2 Å². The van der Waals surface area contributed by atoms with Gasteiger partial charge in [0.1, 0.15) is 12.1 Å². The molecule has 14 nitrogen and oxygen atoms in total. The summed E-state index contributed by atoms with van der Waals surface area (Å²) in [5.74, 6) is -1.06. The van der Waals surface area contributed by atoms with Gasteiger partial charge in [0.05, 0.1) is 36.6 Å². The zero-order valence-electron chi connectivity index (χ0n) is 37.6. The Hall–Kier alpha value is -4.53. The SMILES string of the molecule is CC[C@H](C)[C@@H]([C@@H](CC(=O)N1CCCC1[C@H](OC)[C@@H](C)C(=O)NC(Cc1ccccc1)C(=O)Nc1ccc(CN)cc1)OC)N(C)C(=O)C(N=C(N(C)C)N(C)C)C(C)C. The summed E-state index contributed by atoms with van der Waals surface area (Å²) in [7, 11) is 12.5. The molecule has 2 aromatic carbocycles. The molecule has 0 bridgehead atoms. The van der Waals surface area contributed by atoms with Gasteiger partial charge in [-0.15, -0.1) is 0 Å². The fraction of sp³-hybridized carbons (Fsp3) is 0.622. The van der Waals surface area contributed by atoms with Gasteiger partial charge in [0.15, 0.2) is 5.96 Å². The molecule has 8 atom stereocenters. The first-order valence-electron chi connectivity index (χ1n) is 21.0. The molecule has 0 aliphatic carbocycles. The Kier molecular flexibility index (Phi) is 19.3. The Balaban J connectivity index is 1.83. The average Bonchev–Trinajstić information content (AvgIpc) is 3.70. The number of carbonyl (C=O) groups is 4. The van der Waals surface area contributed by atoms with E-state index in [0.29, 0.717) is 31.2 Å². The van der Waals surface area contributed by atoms with E-state index >= 15 is 0 Å². The summed E-state index contributed by atoms with van der Waals surface area (Å²) in [5, 5.41) is 5.94. The number of hydrogen-bond acceptors (Lipinski definition) is 8. The van der Waals surface area contributed by atoms with Crippen molar-refractivity contribution in [2.45, 2.75) is 110 Å². The molecule has 1 saturated heterocycles. The lowest BCUT2D eigenvalue weighted by Gasteiger charge is -2.40. The lowest BCUT2D eigenvalue weighted by atomic mass is 9.89. The van der Waals surface area contributed by atoms with Crippen molar-refractivity contribution < 1.29 is 28.7 Å². The van der Waals surface area contributed by atoms with E-state index in [0.717, 1.165) is 24.0 Å². The van der Waals surface area contributed by atoms with Crippen molar-refractivity contribution in [3.63, 3.8) is 0 Å². The van der Waals surface area contributed by atoms with Gasteiger partial charge in [-0.1, -0.05) is 83.5 Å². The molecule has 0 spiro atoms. The maximum atomic E-state index is 14.4. The third-order valence-corrected chi connectivity index (χ3v) is 11.6. The number of carbonyl (C=O) groups excluding carboxylic acids is 4. The van der Waals surface area contributed by atoms with Crippen LogP contribution in [0.2, 0.25) is 0 Å². The fourth-order valence-electron chi connectivity index (χ4n) is 8.08. The number of guanidine groups is 1. The molecule has 4 amide bonds. The van der Waals surface area contributed by atoms with Crippen LogP contribution in [-0.4, -0.2) is 142 Å². The monoisotopic (exact) mass is 821 g/mol. The van der Waals surface area contributed by atoms with Crippen LogP contribution in [0.1, 0.15) is 71.4 Å². The van der Waals surface area contributed by atoms with Gasteiger partial charge in [-0.25, -0.2) is 4.99 Å². The molecule has 2 aromatic rings. The quantitative estimate of drug-likeness (QED) is 0.131. The molecule has 0 saturated carbocycles. The number of nitrogens with two attached hydrogens (primary N) is 1. The minimum atomic E-state index is -0.877. The number of nitrogens with zero attached hydrogens (tertiary/aromatic N) is 5. The highest BCUT2D eigenvalue weighted by molar-refractivity contribution is 5.97. The zero-order chi connectivity index (χ0) is 44.0. The summed E-state index contributed by atoms with van der Waals surface area (Å²) >= 11 is 0. The Morgan fingerprint density at radius 2 is 1.51 bits per heavy atom. The Morgan fingerprint density at radius 1 is 0.881 bits per heavy atom. The molecule has 14 heteroatoms. The normalized spacial score (nSPS) is 17.5. The van der Waals surface area contributed by atoms with Gasteiger partial charge in [0.25, 0.3) is 0 Å². The molecule has 1 heterocycles. The first-order chi connectivity index (χ1) is 28.0. The number of hydrogen-bond donors (Lipinski definition) is 3. The van der Waals surface area contributed by atoms with Crippen LogP contribution >= 0.6 is 0 Å². The second-order valence-corrected chi connectivity index (χ2v) is 16.6. The van der Waals surface area contributed by atoms with Crippen LogP contribution in [0.15, 0.2) is 59.6 Å². The number of benzene rings is 2. The van der Waals surface area contributed by atoms with Crippen LogP contribution in [-0.2, 0) is 41.6 Å². The van der Waals surface area contributed by atoms with E-state index < -0.39 is 36.3 Å². The van der Waals surface area contributed by atoms with Crippen LogP contribution < -0.4 is 16.4 Å². The van der Waals surface area contributed by atoms with Crippen molar-refractivity contribution >= 4 is 35.3 Å². The number of likely N-dealkylation sites (tertiary alicyclic amines) is 1. The molecule has 1 aliphatic rings. The molecular formula is C45H72N8O6. The number of rotatable bonds is 20. The van der Waals surface area contributed by atoms with Crippen molar-refractivity contribution in [3.8, 4) is 0 Å². The topological polar surface area (TPSA) is 162 Å². The third kappa shape index (κ3) is 13.2. The highest BCUT2D eigenvalue weighted by Gasteiger charge is 2.43. The second-order valence-electron chi connectivity index (χ2n) is 16.6. The third-order valence-electron chi connectivity index (χ3n) is 11.6. The van der Waals surface area contributed by atoms with E-state index in [4.69, 9.17) is 20.2 Å². The van der Waals surface area contributed by atoms with Gasteiger partial charge in [-0.05, 0) is 47.9 Å². The van der Waals surface area contributed by atoms with Gasteiger partial charge in [0, 0.05) is 74.7 Å². The summed E-state index contributed by atoms with van der Waals surface area (Å²) in [6, 6.07) is 14.5. The number of aliphatic imine (C=N–C) groups is 1. The van der Waals surface area contributed by atoms with Crippen molar-refractivity contribution in [2.24, 2.45) is 28.5 Å². The first-order valence-corrected chi connectivity index (χ1v) is 21.0. The summed E-state index contributed by atoms with van der Waals surface area (Å²) in [4.78, 5) is 68.6. The highest BCUT2D eigenvalue weighted by Crippen LogP contribution is 2.30. The maximum absolute atomic E-state index is 14.4. The van der Waals surface area contributed by atoms with Crippen molar-refractivity contribution in [2.75, 3.05) is 61.3 Å². The molecule has 59 heavy (non-hydrogen) atoms. The highest BCUT2D eigenvalue weighted by atomic mass is 16.5. The largest absolute Gasteiger partial charge is 0.379 e. The summed E-state index contributed by atoms with van der Waals surface area (Å²) in [6.45, 7) is 10.8. The zero-order valence-corrected chi connectivity index (χ0v) is 37.6. The average molecular weight is 821 g/mol. The van der Waals surface area contributed by atoms with Gasteiger partial charge in [0.2, 0.25) is 23.6 Å². The van der Waals surface area contributed by atoms with Crippen LogP contribution in [0.5, 0.6) is 0 Å². The van der Waals surface area contributed by atoms with Gasteiger partial charge >= 0.3 is 0 Å². The molecule has 1 fully saturated rings. The predicted octanol–water partition coefficient (Wildman–Crippen LogP) is 4.24. The van der Waals surface area contributed by atoms with Crippen molar-refractivity contribution in [1.82, 2.24) is 24.9 Å². The van der Waals surface area contributed by atoms with Crippen molar-refractivity contribution in [3.05, 3.63) is 65.7 Å². The molecule has 328 valence electrons. The lowest BCUT2D eigenvalue weighted by molar-refractivity contribution is -0.146. The van der Waals surface area contributed by atoms with Gasteiger partial charge in [-0.3, -0.25) is 19.2 Å². The van der Waals surface area contributed by atoms with Gasteiger partial charge < -0.3 is 45.4 Å². The predicted molar refractivity (Wildman–Crippen MR) is 235 cm³/mol. The van der Waals surface area contributed by atoms with E-state index in [1.165, 1.54) is 0 Å². The first kappa shape index (κ1) is 48.8. The number of nitrogens with one attached hydrogen (secondary N) is 2. The molecule has 0 aromatic heterocycles. The van der Waals surface area contributed by atoms with Crippen LogP contribution in [0, 0.1) is 17.8 Å². The van der Waals surface area contributed by atoms with Gasteiger partial charge in [-0.2, -0.15) is 0 Å². The Morgan fingerprint density at radius 3 is 2.03 bits per heavy atom. The van der Waals surface area contributed by atoms with E-state index in [-0.39, 0.29) is 54.3 Å². The second kappa shape index (κ2) is 23.3. The number of amides is 4. The summed E-state index contributed by atoms with van der Waals surface area (Å²) < 4.78 is 12.1. The van der Waals surface area contributed by atoms with Crippen molar-refractivity contribution in [1.29, 1.82) is 0 Å². The summed E-state index contributed by atoms with van der Waals surface area (Å²) in [6.07, 6.45) is 1.23. The molecular weight excluding hydrogens is 749 g/mol. The molecule has 4 N–H and O–H groups in total. The molecule has 3 unspecified atom stereocenters. The van der Waals surface area contributed by atoms with Crippen LogP contribution in [0.4, 0.5) is 5.69 Å². The van der Waals surface area contributed by atoms with Crippen LogP contribution in [0.25, 0.3) is 0 Å². The molecule has 0 radical (unpaired) electrons. The standard InChI is InChI=1S/C45H72N8O6/c1-13-30(4)40(52(10)44(57)39(29(2)3)49-45(50(6)7)51(8)9)37(58-11)27-38(54)53-25-17-20-36(53)41(59-12)31(5)42(55)48-35(26-32-18-15-14-16-19-32)43(56)47-34-23-21-33(28-46)22-24-34/h14-16,18-19,21-24,29-31,35-37,39-41H,13,17,20,25-28,46H2,1-12H3,(H,47,56)(H,48,55)/t30-,31+,35?,36?,37+,39?,40-,41+/m0/s1. The van der Waals surface area contributed by atoms with Crippen LogP contribution in [0.3, 0.4) is 0 Å². The molecule has 3 rings (SSSR count). The van der Waals surface area contributed by atoms with E-state index in [1.807, 2.05) is 94.3 Å². The minimum absolute atomic E-state index is 0.0109. The smallest absolute Gasteiger partial charge is 0.247 e. The maximum Gasteiger partial charge on any atom is 0.247 e. The number of anilines is 1. The Labute approximate surface area is 353 Å². The van der Waals surface area contributed by atoms with E-state index in [1.54, 1.807) is 50.1 Å². The number of methoxy groups -OCH3 is 2. The van der Waals surface area contributed by atoms with E-state index in [2.05, 4.69) is 24.5 Å². The Bertz CT molecular complexity index is 1660. The number of likely N-dealkylation sites (N-methyl/N-ethyl adjacent to an activating group) is 1.